The molecule has 0 aromatic heterocycles. The van der Waals surface area contributed by atoms with Gasteiger partial charge in [0.25, 0.3) is 0 Å². The molecule has 0 spiro atoms. The van der Waals surface area contributed by atoms with Crippen LogP contribution in [0, 0.1) is 0 Å². The van der Waals surface area contributed by atoms with Crippen molar-refractivity contribution in [3.05, 3.63) is 78.0 Å². The molecule has 0 unspecified atom stereocenters. The largest absolute Gasteiger partial charge is 0.359 e. The van der Waals surface area contributed by atoms with Gasteiger partial charge < -0.3 is 5.32 Å². The Kier molecular flexibility index (Phi) is 4.33. The third-order valence-corrected chi connectivity index (χ3v) is 2.67. The zero-order valence-electron chi connectivity index (χ0n) is 10.8. The molecule has 94 valence electrons. The third kappa shape index (κ3) is 3.70. The van der Waals surface area contributed by atoms with Crippen LogP contribution in [0.2, 0.25) is 0 Å². The summed E-state index contributed by atoms with van der Waals surface area (Å²) in [6.45, 7) is 1.92. The molecule has 0 aliphatic carbocycles. The van der Waals surface area contributed by atoms with E-state index in [0.717, 1.165) is 16.9 Å². The van der Waals surface area contributed by atoms with Gasteiger partial charge in [0, 0.05) is 11.4 Å². The molecule has 0 bridgehead atoms. The van der Waals surface area contributed by atoms with Crippen molar-refractivity contribution in [3.8, 4) is 0 Å². The molecule has 2 heteroatoms. The van der Waals surface area contributed by atoms with E-state index in [1.54, 1.807) is 6.08 Å². The number of anilines is 1. The maximum atomic E-state index is 11.1. The van der Waals surface area contributed by atoms with Crippen molar-refractivity contribution >= 4 is 17.2 Å². The molecule has 0 heterocycles. The molecule has 0 fully saturated rings. The second-order valence-corrected chi connectivity index (χ2v) is 4.20. The fraction of sp³-hybridized carbons (Fsp3) is 0.0588. The maximum Gasteiger partial charge on any atom is 0.133 e. The van der Waals surface area contributed by atoms with Gasteiger partial charge in [0.2, 0.25) is 0 Å². The SMILES string of the molecule is CC(=CC(=C=O)c1ccccc1)Nc1ccccc1. The summed E-state index contributed by atoms with van der Waals surface area (Å²) >= 11 is 0. The summed E-state index contributed by atoms with van der Waals surface area (Å²) in [5.74, 6) is 1.99. The molecule has 2 aromatic rings. The van der Waals surface area contributed by atoms with Crippen LogP contribution in [-0.4, -0.2) is 5.94 Å². The first-order valence-corrected chi connectivity index (χ1v) is 6.10. The number of hydrogen-bond acceptors (Lipinski definition) is 2. The minimum absolute atomic E-state index is 0.543. The lowest BCUT2D eigenvalue weighted by atomic mass is 10.1. The highest BCUT2D eigenvalue weighted by Crippen LogP contribution is 2.16. The third-order valence-electron chi connectivity index (χ3n) is 2.67. The van der Waals surface area contributed by atoms with Crippen LogP contribution >= 0.6 is 0 Å². The topological polar surface area (TPSA) is 29.1 Å². The fourth-order valence-corrected chi connectivity index (χ4v) is 1.79. The van der Waals surface area contributed by atoms with Crippen LogP contribution in [0.1, 0.15) is 12.5 Å². The van der Waals surface area contributed by atoms with Gasteiger partial charge in [0.1, 0.15) is 5.94 Å². The molecule has 2 nitrogen and oxygen atoms in total. The Bertz CT molecular complexity index is 608. The van der Waals surface area contributed by atoms with Crippen LogP contribution in [0.5, 0.6) is 0 Å². The molecule has 0 saturated carbocycles. The Hall–Kier alpha value is -2.57. The number of hydrogen-bond donors (Lipinski definition) is 1. The smallest absolute Gasteiger partial charge is 0.133 e. The number of para-hydroxylation sites is 1. The zero-order valence-corrected chi connectivity index (χ0v) is 10.8. The first-order chi connectivity index (χ1) is 9.29. The number of nitrogens with one attached hydrogen (secondary N) is 1. The molecule has 0 amide bonds. The van der Waals surface area contributed by atoms with Gasteiger partial charge in [-0.05, 0) is 30.7 Å². The predicted octanol–water partition coefficient (Wildman–Crippen LogP) is 3.92. The van der Waals surface area contributed by atoms with Crippen LogP contribution in [0.15, 0.2) is 72.4 Å². The van der Waals surface area contributed by atoms with Gasteiger partial charge in [-0.1, -0.05) is 48.5 Å². The van der Waals surface area contributed by atoms with Crippen LogP contribution in [0.4, 0.5) is 5.69 Å². The predicted molar refractivity (Wildman–Crippen MR) is 79.4 cm³/mol. The molecule has 0 atom stereocenters. The number of allylic oxidation sites excluding steroid dienone is 3. The molecule has 0 saturated heterocycles. The molecule has 0 aliphatic rings. The highest BCUT2D eigenvalue weighted by Gasteiger charge is 2.00. The van der Waals surface area contributed by atoms with E-state index in [2.05, 4.69) is 5.32 Å². The summed E-state index contributed by atoms with van der Waals surface area (Å²) < 4.78 is 0. The Morgan fingerprint density at radius 2 is 1.58 bits per heavy atom. The first kappa shape index (κ1) is 12.9. The Labute approximate surface area is 113 Å². The van der Waals surface area contributed by atoms with Gasteiger partial charge in [0.05, 0.1) is 5.57 Å². The summed E-state index contributed by atoms with van der Waals surface area (Å²) in [4.78, 5) is 11.1. The molecular formula is C17H15NO. The second-order valence-electron chi connectivity index (χ2n) is 4.20. The van der Waals surface area contributed by atoms with Gasteiger partial charge in [-0.15, -0.1) is 0 Å². The Morgan fingerprint density at radius 1 is 1.00 bits per heavy atom. The van der Waals surface area contributed by atoms with Crippen molar-refractivity contribution in [3.63, 3.8) is 0 Å². The van der Waals surface area contributed by atoms with E-state index >= 15 is 0 Å². The molecule has 2 aromatic carbocycles. The normalized spacial score (nSPS) is 10.7. The van der Waals surface area contributed by atoms with Gasteiger partial charge in [-0.25, -0.2) is 4.79 Å². The van der Waals surface area contributed by atoms with Crippen molar-refractivity contribution in [2.75, 3.05) is 5.32 Å². The molecule has 19 heavy (non-hydrogen) atoms. The quantitative estimate of drug-likeness (QED) is 0.657. The fourth-order valence-electron chi connectivity index (χ4n) is 1.79. The first-order valence-electron chi connectivity index (χ1n) is 6.10. The van der Waals surface area contributed by atoms with Crippen molar-refractivity contribution in [2.24, 2.45) is 0 Å². The van der Waals surface area contributed by atoms with E-state index in [-0.39, 0.29) is 0 Å². The average Bonchev–Trinajstić information content (AvgIpc) is 2.47. The minimum atomic E-state index is 0.543. The van der Waals surface area contributed by atoms with Crippen LogP contribution in [0.25, 0.3) is 5.57 Å². The summed E-state index contributed by atoms with van der Waals surface area (Å²) in [6, 6.07) is 19.4. The molecule has 1 N–H and O–H groups in total. The lowest BCUT2D eigenvalue weighted by molar-refractivity contribution is 0.569. The van der Waals surface area contributed by atoms with Crippen molar-refractivity contribution in [1.82, 2.24) is 0 Å². The lowest BCUT2D eigenvalue weighted by Gasteiger charge is -2.06. The van der Waals surface area contributed by atoms with E-state index in [1.165, 1.54) is 0 Å². The molecule has 0 radical (unpaired) electrons. The summed E-state index contributed by atoms with van der Waals surface area (Å²) in [5.41, 5.74) is 3.30. The van der Waals surface area contributed by atoms with Crippen LogP contribution in [0.3, 0.4) is 0 Å². The average molecular weight is 249 g/mol. The van der Waals surface area contributed by atoms with Crippen LogP contribution in [-0.2, 0) is 4.79 Å². The van der Waals surface area contributed by atoms with E-state index in [0.29, 0.717) is 5.57 Å². The van der Waals surface area contributed by atoms with Gasteiger partial charge in [-0.2, -0.15) is 0 Å². The highest BCUT2D eigenvalue weighted by atomic mass is 16.1. The van der Waals surface area contributed by atoms with Gasteiger partial charge in [0.15, 0.2) is 0 Å². The van der Waals surface area contributed by atoms with E-state index < -0.39 is 0 Å². The van der Waals surface area contributed by atoms with E-state index in [4.69, 9.17) is 0 Å². The lowest BCUT2D eigenvalue weighted by Crippen LogP contribution is -1.96. The van der Waals surface area contributed by atoms with Crippen molar-refractivity contribution in [1.29, 1.82) is 0 Å². The standard InChI is InChI=1S/C17H15NO/c1-14(18-17-10-6-3-7-11-17)12-16(13-19)15-8-4-2-5-9-15/h2-12,18H,1H3. The van der Waals surface area contributed by atoms with Crippen molar-refractivity contribution in [2.45, 2.75) is 6.92 Å². The molecular weight excluding hydrogens is 234 g/mol. The molecule has 2 rings (SSSR count). The summed E-state index contributed by atoms with van der Waals surface area (Å²) in [6.07, 6.45) is 1.80. The summed E-state index contributed by atoms with van der Waals surface area (Å²) in [5, 5.41) is 3.24. The van der Waals surface area contributed by atoms with Gasteiger partial charge in [-0.3, -0.25) is 0 Å². The molecule has 0 aliphatic heterocycles. The van der Waals surface area contributed by atoms with E-state index in [1.807, 2.05) is 73.5 Å². The number of benzene rings is 2. The van der Waals surface area contributed by atoms with Gasteiger partial charge >= 0.3 is 0 Å². The summed E-state index contributed by atoms with van der Waals surface area (Å²) in [7, 11) is 0. The zero-order chi connectivity index (χ0) is 13.5. The van der Waals surface area contributed by atoms with E-state index in [9.17, 15) is 4.79 Å². The second kappa shape index (κ2) is 6.39. The minimum Gasteiger partial charge on any atom is -0.359 e. The Balaban J connectivity index is 2.18. The number of carbonyl (C=O) groups excluding carboxylic acids is 1. The Morgan fingerprint density at radius 3 is 2.16 bits per heavy atom. The van der Waals surface area contributed by atoms with Crippen molar-refractivity contribution < 1.29 is 4.79 Å². The van der Waals surface area contributed by atoms with Crippen LogP contribution < -0.4 is 5.32 Å². The highest BCUT2D eigenvalue weighted by molar-refractivity contribution is 5.93. The monoisotopic (exact) mass is 249 g/mol. The number of rotatable bonds is 4. The maximum absolute atomic E-state index is 11.1.